The third kappa shape index (κ3) is 3.69. The summed E-state index contributed by atoms with van der Waals surface area (Å²) in [6, 6.07) is 16.0. The van der Waals surface area contributed by atoms with E-state index in [1.807, 2.05) is 42.1 Å². The van der Waals surface area contributed by atoms with Gasteiger partial charge in [0, 0.05) is 30.1 Å². The molecular formula is C24H25N7O. The molecule has 1 aliphatic rings. The highest BCUT2D eigenvalue weighted by Gasteiger charge is 2.41. The van der Waals surface area contributed by atoms with Crippen LogP contribution in [0.25, 0.3) is 22.5 Å². The number of carbonyl (C=O) groups excluding carboxylic acids is 1. The highest BCUT2D eigenvalue weighted by molar-refractivity contribution is 5.99. The Morgan fingerprint density at radius 3 is 2.56 bits per heavy atom. The number of carbonyl (C=O) groups is 1. The SMILES string of the molecule is Cn1cnnc1-c1cccc(NC(=O)C2(c3ccc(-c4cn[nH]c4)cc3)CCNCC2)c1. The predicted molar refractivity (Wildman–Crippen MR) is 123 cm³/mol. The maximum atomic E-state index is 13.7. The fourth-order valence-corrected chi connectivity index (χ4v) is 4.42. The molecule has 162 valence electrons. The van der Waals surface area contributed by atoms with Gasteiger partial charge in [-0.25, -0.2) is 0 Å². The Bertz CT molecular complexity index is 1210. The molecule has 0 aliphatic carbocycles. The topological polar surface area (TPSA) is 101 Å². The number of anilines is 1. The summed E-state index contributed by atoms with van der Waals surface area (Å²) in [7, 11) is 1.90. The van der Waals surface area contributed by atoms with Gasteiger partial charge in [-0.2, -0.15) is 5.10 Å². The van der Waals surface area contributed by atoms with E-state index in [-0.39, 0.29) is 5.91 Å². The number of aromatic amines is 1. The van der Waals surface area contributed by atoms with E-state index in [9.17, 15) is 4.79 Å². The first-order valence-corrected chi connectivity index (χ1v) is 10.7. The second-order valence-electron chi connectivity index (χ2n) is 8.20. The molecule has 4 aromatic rings. The van der Waals surface area contributed by atoms with Gasteiger partial charge in [0.2, 0.25) is 5.91 Å². The zero-order chi connectivity index (χ0) is 22.0. The number of amides is 1. The van der Waals surface area contributed by atoms with Crippen molar-refractivity contribution >= 4 is 11.6 Å². The molecule has 1 aliphatic heterocycles. The van der Waals surface area contributed by atoms with Gasteiger partial charge in [0.05, 0.1) is 11.6 Å². The van der Waals surface area contributed by atoms with Gasteiger partial charge < -0.3 is 15.2 Å². The quantitative estimate of drug-likeness (QED) is 0.454. The van der Waals surface area contributed by atoms with Gasteiger partial charge in [-0.1, -0.05) is 36.4 Å². The number of aryl methyl sites for hydroxylation is 1. The summed E-state index contributed by atoms with van der Waals surface area (Å²) < 4.78 is 1.86. The molecule has 2 aromatic carbocycles. The summed E-state index contributed by atoms with van der Waals surface area (Å²) in [5.41, 5.74) is 4.22. The molecule has 2 aromatic heterocycles. The lowest BCUT2D eigenvalue weighted by molar-refractivity contribution is -0.122. The number of aromatic nitrogens is 5. The molecule has 0 bridgehead atoms. The smallest absolute Gasteiger partial charge is 0.235 e. The molecule has 32 heavy (non-hydrogen) atoms. The number of hydrogen-bond acceptors (Lipinski definition) is 5. The minimum Gasteiger partial charge on any atom is -0.325 e. The molecule has 3 N–H and O–H groups in total. The van der Waals surface area contributed by atoms with Crippen molar-refractivity contribution in [3.05, 3.63) is 72.8 Å². The highest BCUT2D eigenvalue weighted by atomic mass is 16.2. The first-order valence-electron chi connectivity index (χ1n) is 10.7. The van der Waals surface area contributed by atoms with E-state index < -0.39 is 5.41 Å². The molecule has 3 heterocycles. The number of nitrogens with one attached hydrogen (secondary N) is 3. The summed E-state index contributed by atoms with van der Waals surface area (Å²) in [6.07, 6.45) is 6.82. The summed E-state index contributed by atoms with van der Waals surface area (Å²) in [5, 5.41) is 21.6. The van der Waals surface area contributed by atoms with Crippen LogP contribution in [0.4, 0.5) is 5.69 Å². The van der Waals surface area contributed by atoms with Gasteiger partial charge in [-0.15, -0.1) is 10.2 Å². The van der Waals surface area contributed by atoms with E-state index in [1.165, 1.54) is 0 Å². The van der Waals surface area contributed by atoms with Crippen molar-refractivity contribution < 1.29 is 4.79 Å². The molecular weight excluding hydrogens is 402 g/mol. The Labute approximate surface area is 186 Å². The van der Waals surface area contributed by atoms with Gasteiger partial charge >= 0.3 is 0 Å². The standard InChI is InChI=1S/C24H25N7O/c1-31-16-28-30-22(31)18-3-2-4-21(13-18)29-23(32)24(9-11-25-12-10-24)20-7-5-17(6-8-20)19-14-26-27-15-19/h2-8,13-16,25H,9-12H2,1H3,(H,26,27)(H,29,32). The summed E-state index contributed by atoms with van der Waals surface area (Å²) in [4.78, 5) is 13.7. The maximum Gasteiger partial charge on any atom is 0.235 e. The number of piperidine rings is 1. The van der Waals surface area contributed by atoms with Crippen molar-refractivity contribution in [1.29, 1.82) is 0 Å². The van der Waals surface area contributed by atoms with Crippen LogP contribution in [-0.2, 0) is 17.3 Å². The first kappa shape index (κ1) is 20.1. The molecule has 0 unspecified atom stereocenters. The Morgan fingerprint density at radius 2 is 1.88 bits per heavy atom. The first-order chi connectivity index (χ1) is 15.7. The number of rotatable bonds is 5. The molecule has 1 amide bonds. The van der Waals surface area contributed by atoms with Gasteiger partial charge in [0.15, 0.2) is 5.82 Å². The lowest BCUT2D eigenvalue weighted by Crippen LogP contribution is -2.48. The Morgan fingerprint density at radius 1 is 1.06 bits per heavy atom. The van der Waals surface area contributed by atoms with Crippen LogP contribution in [0.15, 0.2) is 67.3 Å². The summed E-state index contributed by atoms with van der Waals surface area (Å²) in [5.74, 6) is 0.776. The third-order valence-corrected chi connectivity index (χ3v) is 6.25. The van der Waals surface area contributed by atoms with Gasteiger partial charge in [-0.05, 0) is 49.2 Å². The van der Waals surface area contributed by atoms with Crippen LogP contribution in [-0.4, -0.2) is 44.0 Å². The monoisotopic (exact) mass is 427 g/mol. The van der Waals surface area contributed by atoms with E-state index in [2.05, 4.69) is 55.3 Å². The predicted octanol–water partition coefficient (Wildman–Crippen LogP) is 3.13. The zero-order valence-electron chi connectivity index (χ0n) is 17.9. The molecule has 1 fully saturated rings. The Hall–Kier alpha value is -3.78. The van der Waals surface area contributed by atoms with E-state index in [4.69, 9.17) is 0 Å². The number of nitrogens with zero attached hydrogens (tertiary/aromatic N) is 4. The van der Waals surface area contributed by atoms with Crippen molar-refractivity contribution in [2.24, 2.45) is 7.05 Å². The van der Waals surface area contributed by atoms with E-state index in [0.717, 1.165) is 59.7 Å². The normalized spacial score (nSPS) is 15.4. The second kappa shape index (κ2) is 8.39. The number of H-pyrrole nitrogens is 1. The van der Waals surface area contributed by atoms with E-state index in [0.29, 0.717) is 0 Å². The van der Waals surface area contributed by atoms with Crippen LogP contribution in [0.1, 0.15) is 18.4 Å². The Kier molecular flexibility index (Phi) is 5.28. The number of benzene rings is 2. The molecule has 8 nitrogen and oxygen atoms in total. The zero-order valence-corrected chi connectivity index (χ0v) is 17.9. The average molecular weight is 428 g/mol. The van der Waals surface area contributed by atoms with Crippen LogP contribution < -0.4 is 10.6 Å². The van der Waals surface area contributed by atoms with Crippen molar-refractivity contribution in [1.82, 2.24) is 30.3 Å². The van der Waals surface area contributed by atoms with Gasteiger partial charge in [0.25, 0.3) is 0 Å². The van der Waals surface area contributed by atoms with Gasteiger partial charge in [0.1, 0.15) is 6.33 Å². The maximum absolute atomic E-state index is 13.7. The third-order valence-electron chi connectivity index (χ3n) is 6.25. The van der Waals surface area contributed by atoms with Crippen molar-refractivity contribution in [2.75, 3.05) is 18.4 Å². The lowest BCUT2D eigenvalue weighted by atomic mass is 9.72. The lowest BCUT2D eigenvalue weighted by Gasteiger charge is -2.37. The second-order valence-corrected chi connectivity index (χ2v) is 8.20. The minimum atomic E-state index is -0.582. The van der Waals surface area contributed by atoms with Crippen LogP contribution in [0.3, 0.4) is 0 Å². The Balaban J connectivity index is 1.43. The van der Waals surface area contributed by atoms with Crippen molar-refractivity contribution in [2.45, 2.75) is 18.3 Å². The number of hydrogen-bond donors (Lipinski definition) is 3. The van der Waals surface area contributed by atoms with E-state index in [1.54, 1.807) is 12.5 Å². The largest absolute Gasteiger partial charge is 0.325 e. The van der Waals surface area contributed by atoms with Crippen LogP contribution >= 0.6 is 0 Å². The molecule has 0 radical (unpaired) electrons. The minimum absolute atomic E-state index is 0.0187. The molecule has 8 heteroatoms. The van der Waals surface area contributed by atoms with Gasteiger partial charge in [-0.3, -0.25) is 9.89 Å². The molecule has 0 atom stereocenters. The van der Waals surface area contributed by atoms with E-state index >= 15 is 0 Å². The molecule has 0 saturated carbocycles. The highest BCUT2D eigenvalue weighted by Crippen LogP contribution is 2.36. The fourth-order valence-electron chi connectivity index (χ4n) is 4.42. The van der Waals surface area contributed by atoms with Crippen LogP contribution in [0.2, 0.25) is 0 Å². The molecule has 0 spiro atoms. The van der Waals surface area contributed by atoms with Crippen LogP contribution in [0, 0.1) is 0 Å². The molecule has 5 rings (SSSR count). The fraction of sp³-hybridized carbons (Fsp3) is 0.250. The summed E-state index contributed by atoms with van der Waals surface area (Å²) >= 11 is 0. The van der Waals surface area contributed by atoms with Crippen molar-refractivity contribution in [3.8, 4) is 22.5 Å². The van der Waals surface area contributed by atoms with Crippen molar-refractivity contribution in [3.63, 3.8) is 0 Å². The van der Waals surface area contributed by atoms with Crippen LogP contribution in [0.5, 0.6) is 0 Å². The molecule has 1 saturated heterocycles. The summed E-state index contributed by atoms with van der Waals surface area (Å²) in [6.45, 7) is 1.60. The average Bonchev–Trinajstić information content (AvgIpc) is 3.52.